The fraction of sp³-hybridized carbons (Fsp3) is 0.471. The molecule has 0 radical (unpaired) electrons. The number of carboxylic acids is 1. The van der Waals surface area contributed by atoms with Gasteiger partial charge in [0.2, 0.25) is 0 Å². The van der Waals surface area contributed by atoms with E-state index in [4.69, 9.17) is 5.11 Å². The van der Waals surface area contributed by atoms with E-state index in [9.17, 15) is 9.59 Å². The third-order valence-corrected chi connectivity index (χ3v) is 5.15. The molecule has 0 aliphatic carbocycles. The van der Waals surface area contributed by atoms with Crippen LogP contribution in [0.5, 0.6) is 0 Å². The van der Waals surface area contributed by atoms with Crippen LogP contribution in [0.2, 0.25) is 0 Å². The van der Waals surface area contributed by atoms with Crippen molar-refractivity contribution in [2.45, 2.75) is 20.3 Å². The number of nitrogens with zero attached hydrogens (tertiary/aromatic N) is 5. The molecule has 2 N–H and O–H groups in total. The summed E-state index contributed by atoms with van der Waals surface area (Å²) in [5, 5.41) is 12.5. The number of ketones is 1. The maximum atomic E-state index is 11.1. The molecule has 10 heteroatoms. The van der Waals surface area contributed by atoms with Crippen molar-refractivity contribution < 1.29 is 14.7 Å². The zero-order chi connectivity index (χ0) is 19.4. The number of hydrogen-bond acceptors (Lipinski definition) is 9. The molecule has 0 amide bonds. The largest absolute Gasteiger partial charge is 0.477 e. The molecular formula is C17H22N6O3S. The van der Waals surface area contributed by atoms with E-state index in [1.165, 1.54) is 6.20 Å². The Bertz CT molecular complexity index is 832. The first-order valence-electron chi connectivity index (χ1n) is 8.69. The van der Waals surface area contributed by atoms with Crippen LogP contribution in [-0.2, 0) is 4.79 Å². The maximum Gasteiger partial charge on any atom is 0.347 e. The molecule has 3 rings (SSSR count). The molecule has 1 aliphatic rings. The van der Waals surface area contributed by atoms with Crippen molar-refractivity contribution in [3.63, 3.8) is 0 Å². The summed E-state index contributed by atoms with van der Waals surface area (Å²) in [6.07, 6.45) is 1.91. The van der Waals surface area contributed by atoms with Crippen molar-refractivity contribution in [1.29, 1.82) is 0 Å². The minimum atomic E-state index is -0.997. The number of anilines is 3. The number of thiazole rings is 1. The Hall–Kier alpha value is -2.59. The number of nitrogens with one attached hydrogen (secondary N) is 1. The van der Waals surface area contributed by atoms with Gasteiger partial charge in [-0.3, -0.25) is 9.69 Å². The number of carboxylic acid groups (broad SMARTS) is 1. The summed E-state index contributed by atoms with van der Waals surface area (Å²) in [5.74, 6) is 1.26. The van der Waals surface area contributed by atoms with Gasteiger partial charge in [0.25, 0.3) is 0 Å². The van der Waals surface area contributed by atoms with E-state index in [1.54, 1.807) is 6.92 Å². The molecule has 1 aliphatic heterocycles. The van der Waals surface area contributed by atoms with Gasteiger partial charge in [-0.25, -0.2) is 19.7 Å². The molecule has 0 atom stereocenters. The predicted octanol–water partition coefficient (Wildman–Crippen LogP) is 1.78. The van der Waals surface area contributed by atoms with Crippen LogP contribution in [0.3, 0.4) is 0 Å². The first kappa shape index (κ1) is 19.2. The molecule has 2 aromatic rings. The first-order valence-corrected chi connectivity index (χ1v) is 9.51. The number of Topliss-reactive ketones (excluding diaryl/α,β-unsaturated/α-hetero) is 1. The van der Waals surface area contributed by atoms with Crippen molar-refractivity contribution in [2.75, 3.05) is 42.9 Å². The Morgan fingerprint density at radius 2 is 2.00 bits per heavy atom. The number of aryl methyl sites for hydroxylation is 1. The second-order valence-electron chi connectivity index (χ2n) is 6.40. The zero-order valence-corrected chi connectivity index (χ0v) is 16.1. The third kappa shape index (κ3) is 5.20. The molecule has 2 aromatic heterocycles. The van der Waals surface area contributed by atoms with Gasteiger partial charge in [0, 0.05) is 45.2 Å². The van der Waals surface area contributed by atoms with Crippen LogP contribution in [0.4, 0.5) is 16.8 Å². The summed E-state index contributed by atoms with van der Waals surface area (Å²) in [7, 11) is 0. The Morgan fingerprint density at radius 1 is 1.26 bits per heavy atom. The molecule has 9 nitrogen and oxygen atoms in total. The number of aromatic carboxylic acids is 1. The highest BCUT2D eigenvalue weighted by Gasteiger charge is 2.19. The smallest absolute Gasteiger partial charge is 0.347 e. The van der Waals surface area contributed by atoms with Crippen LogP contribution in [0.15, 0.2) is 12.3 Å². The molecule has 0 unspecified atom stereocenters. The molecular weight excluding hydrogens is 368 g/mol. The van der Waals surface area contributed by atoms with Crippen molar-refractivity contribution in [1.82, 2.24) is 19.9 Å². The second kappa shape index (κ2) is 8.40. The third-order valence-electron chi connectivity index (χ3n) is 4.25. The molecule has 0 bridgehead atoms. The van der Waals surface area contributed by atoms with Crippen LogP contribution < -0.4 is 10.2 Å². The lowest BCUT2D eigenvalue weighted by atomic mass is 10.2. The zero-order valence-electron chi connectivity index (χ0n) is 15.3. The number of piperazine rings is 1. The van der Waals surface area contributed by atoms with E-state index in [1.807, 2.05) is 13.0 Å². The number of hydrogen-bond donors (Lipinski definition) is 2. The van der Waals surface area contributed by atoms with E-state index in [2.05, 4.69) is 30.1 Å². The SMILES string of the molecule is CC(=O)CCN1CCN(c2cc(Nc3ncc(C(=O)O)s3)nc(C)n2)CC1. The minimum absolute atomic E-state index is 0.171. The van der Waals surface area contributed by atoms with Gasteiger partial charge < -0.3 is 15.3 Å². The summed E-state index contributed by atoms with van der Waals surface area (Å²) in [5.41, 5.74) is 0. The summed E-state index contributed by atoms with van der Waals surface area (Å²) in [6.45, 7) is 7.66. The molecule has 0 aromatic carbocycles. The van der Waals surface area contributed by atoms with Crippen molar-refractivity contribution in [3.8, 4) is 0 Å². The van der Waals surface area contributed by atoms with Crippen LogP contribution in [0.1, 0.15) is 28.8 Å². The standard InChI is InChI=1S/C17H22N6O3S/c1-11(24)3-4-22-5-7-23(8-6-22)15-9-14(19-12(2)20-15)21-17-18-10-13(27-17)16(25)26/h9-10H,3-8H2,1-2H3,(H,25,26)(H,18,19,20,21). The fourth-order valence-corrected chi connectivity index (χ4v) is 3.50. The summed E-state index contributed by atoms with van der Waals surface area (Å²) in [4.78, 5) is 39.7. The lowest BCUT2D eigenvalue weighted by Crippen LogP contribution is -2.47. The number of aromatic nitrogens is 3. The van der Waals surface area contributed by atoms with E-state index < -0.39 is 5.97 Å². The van der Waals surface area contributed by atoms with E-state index in [0.29, 0.717) is 23.2 Å². The highest BCUT2D eigenvalue weighted by molar-refractivity contribution is 7.17. The van der Waals surface area contributed by atoms with Gasteiger partial charge in [-0.05, 0) is 13.8 Å². The normalized spacial score (nSPS) is 15.0. The van der Waals surface area contributed by atoms with Gasteiger partial charge in [0.05, 0.1) is 6.20 Å². The summed E-state index contributed by atoms with van der Waals surface area (Å²) >= 11 is 1.06. The Balaban J connectivity index is 1.65. The molecule has 144 valence electrons. The molecule has 3 heterocycles. The quantitative estimate of drug-likeness (QED) is 0.730. The van der Waals surface area contributed by atoms with Crippen LogP contribution in [0.25, 0.3) is 0 Å². The highest BCUT2D eigenvalue weighted by Crippen LogP contribution is 2.24. The van der Waals surface area contributed by atoms with Crippen molar-refractivity contribution in [3.05, 3.63) is 23.0 Å². The van der Waals surface area contributed by atoms with E-state index >= 15 is 0 Å². The first-order chi connectivity index (χ1) is 12.9. The van der Waals surface area contributed by atoms with Crippen molar-refractivity contribution in [2.24, 2.45) is 0 Å². The maximum absolute atomic E-state index is 11.1. The Morgan fingerprint density at radius 3 is 2.63 bits per heavy atom. The van der Waals surface area contributed by atoms with Gasteiger partial charge in [-0.15, -0.1) is 0 Å². The monoisotopic (exact) mass is 390 g/mol. The van der Waals surface area contributed by atoms with Gasteiger partial charge in [0.1, 0.15) is 28.1 Å². The highest BCUT2D eigenvalue weighted by atomic mass is 32.1. The molecule has 27 heavy (non-hydrogen) atoms. The van der Waals surface area contributed by atoms with Gasteiger partial charge in [-0.2, -0.15) is 0 Å². The average Bonchev–Trinajstić information content (AvgIpc) is 3.08. The minimum Gasteiger partial charge on any atom is -0.477 e. The van der Waals surface area contributed by atoms with Crippen LogP contribution in [-0.4, -0.2) is 69.4 Å². The van der Waals surface area contributed by atoms with Gasteiger partial charge in [-0.1, -0.05) is 11.3 Å². The molecule has 0 spiro atoms. The van der Waals surface area contributed by atoms with Gasteiger partial charge >= 0.3 is 5.97 Å². The predicted molar refractivity (Wildman–Crippen MR) is 103 cm³/mol. The average molecular weight is 390 g/mol. The molecule has 1 fully saturated rings. The lowest BCUT2D eigenvalue weighted by molar-refractivity contribution is -0.117. The molecule has 0 saturated carbocycles. The molecule has 1 saturated heterocycles. The Labute approximate surface area is 161 Å². The number of carbonyl (C=O) groups is 2. The van der Waals surface area contributed by atoms with Gasteiger partial charge in [0.15, 0.2) is 5.13 Å². The van der Waals surface area contributed by atoms with Crippen LogP contribution in [0, 0.1) is 6.92 Å². The topological polar surface area (TPSA) is 112 Å². The van der Waals surface area contributed by atoms with E-state index in [-0.39, 0.29) is 10.7 Å². The fourth-order valence-electron chi connectivity index (χ4n) is 2.83. The van der Waals surface area contributed by atoms with E-state index in [0.717, 1.165) is 49.9 Å². The summed E-state index contributed by atoms with van der Waals surface area (Å²) < 4.78 is 0. The van der Waals surface area contributed by atoms with Crippen molar-refractivity contribution >= 4 is 39.9 Å². The summed E-state index contributed by atoms with van der Waals surface area (Å²) in [6, 6.07) is 1.85. The Kier molecular flexibility index (Phi) is 5.97. The number of carbonyl (C=O) groups excluding carboxylic acids is 1. The number of rotatable bonds is 7. The van der Waals surface area contributed by atoms with Crippen LogP contribution >= 0.6 is 11.3 Å². The lowest BCUT2D eigenvalue weighted by Gasteiger charge is -2.35. The second-order valence-corrected chi connectivity index (χ2v) is 7.43.